The third-order valence-corrected chi connectivity index (χ3v) is 3.38. The molecule has 2 aromatic rings. The molecule has 0 aromatic heterocycles. The Morgan fingerprint density at radius 2 is 2.09 bits per heavy atom. The summed E-state index contributed by atoms with van der Waals surface area (Å²) < 4.78 is 32.1. The zero-order valence-electron chi connectivity index (χ0n) is 11.4. The van der Waals surface area contributed by atoms with Crippen LogP contribution in [-0.4, -0.2) is 19.2 Å². The Hall–Kier alpha value is -2.28. The number of nitrogens with zero attached hydrogens (tertiary/aromatic N) is 1. The Labute approximate surface area is 133 Å². The molecule has 0 spiro atoms. The zero-order chi connectivity index (χ0) is 16.1. The Balaban J connectivity index is 2.08. The highest BCUT2D eigenvalue weighted by atomic mass is 79.9. The number of methoxy groups -OCH3 is 1. The molecule has 7 heteroatoms. The standard InChI is InChI=1S/C15H11BrF2N2O2/c1-22-13-6-5-9(7-11(13)16)15(21)20-19-8-10-3-2-4-12(17)14(10)18/h2-8H,1H3,(H,20,21)/b19-8+. The Kier molecular flexibility index (Phi) is 5.21. The first-order valence-corrected chi connectivity index (χ1v) is 6.93. The van der Waals surface area contributed by atoms with Crippen molar-refractivity contribution in [1.29, 1.82) is 0 Å². The highest BCUT2D eigenvalue weighted by molar-refractivity contribution is 9.10. The van der Waals surface area contributed by atoms with Gasteiger partial charge < -0.3 is 4.74 Å². The molecule has 22 heavy (non-hydrogen) atoms. The lowest BCUT2D eigenvalue weighted by Gasteiger charge is -2.05. The highest BCUT2D eigenvalue weighted by Crippen LogP contribution is 2.25. The van der Waals surface area contributed by atoms with Gasteiger partial charge >= 0.3 is 0 Å². The van der Waals surface area contributed by atoms with Gasteiger partial charge in [0.15, 0.2) is 11.6 Å². The lowest BCUT2D eigenvalue weighted by molar-refractivity contribution is 0.0955. The molecular weight excluding hydrogens is 358 g/mol. The van der Waals surface area contributed by atoms with E-state index in [1.165, 1.54) is 19.2 Å². The minimum atomic E-state index is -1.02. The molecule has 1 amide bonds. The van der Waals surface area contributed by atoms with Crippen LogP contribution in [0.1, 0.15) is 15.9 Å². The van der Waals surface area contributed by atoms with Crippen LogP contribution < -0.4 is 10.2 Å². The van der Waals surface area contributed by atoms with E-state index >= 15 is 0 Å². The third-order valence-electron chi connectivity index (χ3n) is 2.77. The van der Waals surface area contributed by atoms with Gasteiger partial charge in [-0.2, -0.15) is 5.10 Å². The first kappa shape index (κ1) is 16.1. The fraction of sp³-hybridized carbons (Fsp3) is 0.0667. The SMILES string of the molecule is COc1ccc(C(=O)N/N=C/c2cccc(F)c2F)cc1Br. The lowest BCUT2D eigenvalue weighted by Crippen LogP contribution is -2.17. The molecule has 0 aliphatic rings. The predicted molar refractivity (Wildman–Crippen MR) is 82.1 cm³/mol. The van der Waals surface area contributed by atoms with E-state index in [1.54, 1.807) is 18.2 Å². The average molecular weight is 369 g/mol. The number of hydrogen-bond acceptors (Lipinski definition) is 3. The van der Waals surface area contributed by atoms with Crippen molar-refractivity contribution in [3.8, 4) is 5.75 Å². The van der Waals surface area contributed by atoms with Crippen LogP contribution in [0.25, 0.3) is 0 Å². The van der Waals surface area contributed by atoms with Crippen LogP contribution in [0.15, 0.2) is 46.0 Å². The van der Waals surface area contributed by atoms with E-state index in [1.807, 2.05) is 0 Å². The largest absolute Gasteiger partial charge is 0.496 e. The van der Waals surface area contributed by atoms with Gasteiger partial charge in [0.2, 0.25) is 0 Å². The minimum absolute atomic E-state index is 0.0591. The highest BCUT2D eigenvalue weighted by Gasteiger charge is 2.08. The van der Waals surface area contributed by atoms with Crippen LogP contribution in [0.2, 0.25) is 0 Å². The van der Waals surface area contributed by atoms with E-state index < -0.39 is 17.5 Å². The fourth-order valence-electron chi connectivity index (χ4n) is 1.65. The van der Waals surface area contributed by atoms with Crippen LogP contribution in [0, 0.1) is 11.6 Å². The normalized spacial score (nSPS) is 10.7. The summed E-state index contributed by atoms with van der Waals surface area (Å²) in [7, 11) is 1.51. The first-order chi connectivity index (χ1) is 10.5. The van der Waals surface area contributed by atoms with Crippen molar-refractivity contribution < 1.29 is 18.3 Å². The number of benzene rings is 2. The van der Waals surface area contributed by atoms with Gasteiger partial charge in [0.1, 0.15) is 5.75 Å². The van der Waals surface area contributed by atoms with Crippen molar-refractivity contribution in [3.05, 3.63) is 63.6 Å². The summed E-state index contributed by atoms with van der Waals surface area (Å²) in [4.78, 5) is 11.9. The Morgan fingerprint density at radius 1 is 1.32 bits per heavy atom. The minimum Gasteiger partial charge on any atom is -0.496 e. The summed E-state index contributed by atoms with van der Waals surface area (Å²) in [6.07, 6.45) is 1.04. The summed E-state index contributed by atoms with van der Waals surface area (Å²) in [5.74, 6) is -1.90. The van der Waals surface area contributed by atoms with E-state index in [4.69, 9.17) is 4.74 Å². The maximum atomic E-state index is 13.4. The van der Waals surface area contributed by atoms with Crippen molar-refractivity contribution in [2.75, 3.05) is 7.11 Å². The molecule has 4 nitrogen and oxygen atoms in total. The molecule has 0 saturated heterocycles. The van der Waals surface area contributed by atoms with E-state index in [9.17, 15) is 13.6 Å². The average Bonchev–Trinajstić information content (AvgIpc) is 2.51. The quantitative estimate of drug-likeness (QED) is 0.663. The molecule has 0 fully saturated rings. The number of carbonyl (C=O) groups excluding carboxylic acids is 1. The summed E-state index contributed by atoms with van der Waals surface area (Å²) in [5, 5.41) is 3.61. The van der Waals surface area contributed by atoms with Crippen LogP contribution in [0.3, 0.4) is 0 Å². The third kappa shape index (κ3) is 3.67. The van der Waals surface area contributed by atoms with Crippen molar-refractivity contribution in [1.82, 2.24) is 5.43 Å². The van der Waals surface area contributed by atoms with E-state index in [0.29, 0.717) is 15.8 Å². The van der Waals surface area contributed by atoms with Crippen LogP contribution >= 0.6 is 15.9 Å². The number of rotatable bonds is 4. The number of ether oxygens (including phenoxy) is 1. The van der Waals surface area contributed by atoms with E-state index in [0.717, 1.165) is 12.3 Å². The molecule has 0 saturated carbocycles. The molecule has 0 atom stereocenters. The lowest BCUT2D eigenvalue weighted by atomic mass is 10.2. The Bertz CT molecular complexity index is 735. The molecule has 0 radical (unpaired) electrons. The molecule has 0 heterocycles. The molecule has 114 valence electrons. The molecule has 2 rings (SSSR count). The molecule has 0 bridgehead atoms. The summed E-state index contributed by atoms with van der Waals surface area (Å²) in [6.45, 7) is 0. The second-order valence-electron chi connectivity index (χ2n) is 4.19. The van der Waals surface area contributed by atoms with E-state index in [-0.39, 0.29) is 5.56 Å². The number of hydrazone groups is 1. The first-order valence-electron chi connectivity index (χ1n) is 6.14. The Morgan fingerprint density at radius 3 is 2.77 bits per heavy atom. The van der Waals surface area contributed by atoms with Crippen molar-refractivity contribution in [3.63, 3.8) is 0 Å². The van der Waals surface area contributed by atoms with Crippen LogP contribution in [0.4, 0.5) is 8.78 Å². The van der Waals surface area contributed by atoms with Crippen LogP contribution in [-0.2, 0) is 0 Å². The fourth-order valence-corrected chi connectivity index (χ4v) is 2.19. The molecule has 0 unspecified atom stereocenters. The maximum absolute atomic E-state index is 13.4. The maximum Gasteiger partial charge on any atom is 0.271 e. The molecule has 1 N–H and O–H groups in total. The second-order valence-corrected chi connectivity index (χ2v) is 5.05. The number of hydrogen-bond donors (Lipinski definition) is 1. The summed E-state index contributed by atoms with van der Waals surface area (Å²) in [5.41, 5.74) is 2.52. The van der Waals surface area contributed by atoms with Gasteiger partial charge in [0.05, 0.1) is 17.8 Å². The number of halogens is 3. The van der Waals surface area contributed by atoms with Gasteiger partial charge in [-0.05, 0) is 40.2 Å². The van der Waals surface area contributed by atoms with Crippen molar-refractivity contribution in [2.45, 2.75) is 0 Å². The van der Waals surface area contributed by atoms with Gasteiger partial charge in [-0.1, -0.05) is 12.1 Å². The predicted octanol–water partition coefficient (Wildman–Crippen LogP) is 3.50. The number of carbonyl (C=O) groups is 1. The van der Waals surface area contributed by atoms with Crippen LogP contribution in [0.5, 0.6) is 5.75 Å². The molecular formula is C15H11BrF2N2O2. The summed E-state index contributed by atoms with van der Waals surface area (Å²) >= 11 is 3.26. The summed E-state index contributed by atoms with van der Waals surface area (Å²) in [6, 6.07) is 8.43. The second kappa shape index (κ2) is 7.13. The topological polar surface area (TPSA) is 50.7 Å². The number of amides is 1. The molecule has 0 aliphatic carbocycles. The molecule has 0 aliphatic heterocycles. The monoisotopic (exact) mass is 368 g/mol. The molecule has 2 aromatic carbocycles. The van der Waals surface area contributed by atoms with Gasteiger partial charge in [0.25, 0.3) is 5.91 Å². The van der Waals surface area contributed by atoms with Crippen molar-refractivity contribution in [2.24, 2.45) is 5.10 Å². The van der Waals surface area contributed by atoms with Crippen molar-refractivity contribution >= 4 is 28.1 Å². The zero-order valence-corrected chi connectivity index (χ0v) is 13.0. The smallest absolute Gasteiger partial charge is 0.271 e. The van der Waals surface area contributed by atoms with Gasteiger partial charge in [-0.25, -0.2) is 14.2 Å². The van der Waals surface area contributed by atoms with E-state index in [2.05, 4.69) is 26.5 Å². The van der Waals surface area contributed by atoms with Gasteiger partial charge in [-0.15, -0.1) is 0 Å². The number of nitrogens with one attached hydrogen (secondary N) is 1. The van der Waals surface area contributed by atoms with Gasteiger partial charge in [0, 0.05) is 11.1 Å². The van der Waals surface area contributed by atoms with Gasteiger partial charge in [-0.3, -0.25) is 4.79 Å².